The Morgan fingerprint density at radius 3 is 2.43 bits per heavy atom. The van der Waals surface area contributed by atoms with Crippen molar-refractivity contribution in [3.05, 3.63) is 88.3 Å². The van der Waals surface area contributed by atoms with E-state index in [1.165, 1.54) is 6.42 Å². The van der Waals surface area contributed by atoms with Crippen molar-refractivity contribution < 1.29 is 19.1 Å². The Kier molecular flexibility index (Phi) is 7.23. The van der Waals surface area contributed by atoms with E-state index in [9.17, 15) is 9.59 Å². The lowest BCUT2D eigenvalue weighted by Gasteiger charge is -2.40. The van der Waals surface area contributed by atoms with E-state index in [0.29, 0.717) is 29.9 Å². The molecule has 0 aromatic heterocycles. The number of hydrogen-bond acceptors (Lipinski definition) is 5. The van der Waals surface area contributed by atoms with Crippen molar-refractivity contribution in [1.29, 1.82) is 0 Å². The molecular formula is C32H37NO4. The second-order valence-electron chi connectivity index (χ2n) is 11.4. The van der Waals surface area contributed by atoms with Gasteiger partial charge < -0.3 is 14.8 Å². The molecule has 1 N–H and O–H groups in total. The summed E-state index contributed by atoms with van der Waals surface area (Å²) in [5.74, 6) is -0.0950. The van der Waals surface area contributed by atoms with E-state index in [2.05, 4.69) is 19.2 Å². The molecule has 0 radical (unpaired) electrons. The highest BCUT2D eigenvalue weighted by Gasteiger charge is 2.44. The van der Waals surface area contributed by atoms with Crippen LogP contribution in [-0.4, -0.2) is 17.9 Å². The number of carbonyl (C=O) groups excluding carboxylic acids is 2. The smallest absolute Gasteiger partial charge is 0.337 e. The third-order valence-corrected chi connectivity index (χ3v) is 7.75. The summed E-state index contributed by atoms with van der Waals surface area (Å²) < 4.78 is 12.4. The fraction of sp³-hybridized carbons (Fsp3) is 0.438. The fourth-order valence-corrected chi connectivity index (χ4v) is 6.00. The van der Waals surface area contributed by atoms with Crippen molar-refractivity contribution in [3.8, 4) is 5.75 Å². The second-order valence-corrected chi connectivity index (χ2v) is 11.4. The quantitative estimate of drug-likeness (QED) is 0.446. The van der Waals surface area contributed by atoms with Crippen LogP contribution in [0.5, 0.6) is 5.75 Å². The van der Waals surface area contributed by atoms with Crippen LogP contribution in [-0.2, 0) is 20.9 Å². The largest absolute Gasteiger partial charge is 0.489 e. The van der Waals surface area contributed by atoms with Crippen LogP contribution >= 0.6 is 0 Å². The van der Waals surface area contributed by atoms with Gasteiger partial charge in [-0.2, -0.15) is 0 Å². The normalized spacial score (nSPS) is 21.8. The van der Waals surface area contributed by atoms with E-state index in [0.717, 1.165) is 54.6 Å². The van der Waals surface area contributed by atoms with E-state index in [1.54, 1.807) is 0 Å². The van der Waals surface area contributed by atoms with Crippen molar-refractivity contribution >= 4 is 11.8 Å². The maximum Gasteiger partial charge on any atom is 0.337 e. The standard InChI is InChI=1S/C32H37NO4/c1-21-28(31(35)37-23-14-8-5-9-15-23)29(30-25(33-21)18-32(2,3)19-26(30)34)24-16-10-11-17-27(24)36-20-22-12-6-4-7-13-22/h4,6-7,10-13,16-17,23,29,33H,5,8-9,14-15,18-20H2,1-3H3/t29-/m1/s1. The van der Waals surface area contributed by atoms with Crippen molar-refractivity contribution in [2.45, 2.75) is 84.3 Å². The number of para-hydroxylation sites is 1. The highest BCUT2D eigenvalue weighted by atomic mass is 16.5. The monoisotopic (exact) mass is 499 g/mol. The lowest BCUT2D eigenvalue weighted by Crippen LogP contribution is -2.39. The minimum absolute atomic E-state index is 0.0665. The molecule has 2 aromatic rings. The zero-order valence-electron chi connectivity index (χ0n) is 22.1. The lowest BCUT2D eigenvalue weighted by molar-refractivity contribution is -0.146. The predicted octanol–water partition coefficient (Wildman–Crippen LogP) is 6.75. The Hall–Kier alpha value is -3.34. The summed E-state index contributed by atoms with van der Waals surface area (Å²) in [5, 5.41) is 3.45. The van der Waals surface area contributed by atoms with Gasteiger partial charge in [-0.15, -0.1) is 0 Å². The van der Waals surface area contributed by atoms with E-state index in [4.69, 9.17) is 9.47 Å². The first-order valence-corrected chi connectivity index (χ1v) is 13.5. The molecule has 5 rings (SSSR count). The zero-order chi connectivity index (χ0) is 26.0. The van der Waals surface area contributed by atoms with Gasteiger partial charge in [-0.25, -0.2) is 4.79 Å². The first-order chi connectivity index (χ1) is 17.8. The maximum absolute atomic E-state index is 13.8. The molecule has 1 saturated carbocycles. The number of Topliss-reactive ketones (excluding diaryl/α,β-unsaturated/α-hetero) is 1. The molecular weight excluding hydrogens is 462 g/mol. The Labute approximate surface area is 219 Å². The van der Waals surface area contributed by atoms with Gasteiger partial charge in [0.25, 0.3) is 0 Å². The SMILES string of the molecule is CC1=C(C(=O)OC2CCCCC2)[C@@H](c2ccccc2OCc2ccccc2)C2=C(CC(C)(C)CC2=O)N1. The molecule has 194 valence electrons. The molecule has 0 saturated heterocycles. The Balaban J connectivity index is 1.55. The number of allylic oxidation sites excluding steroid dienone is 3. The number of esters is 1. The lowest BCUT2D eigenvalue weighted by atomic mass is 9.68. The summed E-state index contributed by atoms with van der Waals surface area (Å²) in [6.45, 7) is 6.57. The maximum atomic E-state index is 13.8. The van der Waals surface area contributed by atoms with Crippen LogP contribution < -0.4 is 10.1 Å². The molecule has 1 aliphatic heterocycles. The van der Waals surface area contributed by atoms with Crippen LogP contribution in [0.3, 0.4) is 0 Å². The summed E-state index contributed by atoms with van der Waals surface area (Å²) in [5.41, 5.74) is 4.61. The van der Waals surface area contributed by atoms with Gasteiger partial charge >= 0.3 is 5.97 Å². The van der Waals surface area contributed by atoms with Gasteiger partial charge in [-0.3, -0.25) is 4.79 Å². The third kappa shape index (κ3) is 5.51. The van der Waals surface area contributed by atoms with Gasteiger partial charge in [0.2, 0.25) is 0 Å². The number of nitrogens with one attached hydrogen (secondary N) is 1. The van der Waals surface area contributed by atoms with Gasteiger partial charge in [-0.05, 0) is 56.1 Å². The van der Waals surface area contributed by atoms with E-state index < -0.39 is 5.92 Å². The molecule has 5 heteroatoms. The highest BCUT2D eigenvalue weighted by molar-refractivity contribution is 6.04. The van der Waals surface area contributed by atoms with E-state index >= 15 is 0 Å². The highest BCUT2D eigenvalue weighted by Crippen LogP contribution is 2.48. The van der Waals surface area contributed by atoms with Gasteiger partial charge in [0, 0.05) is 29.0 Å². The minimum Gasteiger partial charge on any atom is -0.489 e. The third-order valence-electron chi connectivity index (χ3n) is 7.75. The molecule has 5 nitrogen and oxygen atoms in total. The number of ether oxygens (including phenoxy) is 2. The molecule has 3 aliphatic rings. The topological polar surface area (TPSA) is 64.6 Å². The number of rotatable bonds is 6. The molecule has 2 aromatic carbocycles. The first-order valence-electron chi connectivity index (χ1n) is 13.5. The van der Waals surface area contributed by atoms with Gasteiger partial charge in [0.1, 0.15) is 18.5 Å². The molecule has 0 amide bonds. The number of ketones is 1. The average molecular weight is 500 g/mol. The van der Waals surface area contributed by atoms with Crippen LogP contribution in [0.1, 0.15) is 82.8 Å². The predicted molar refractivity (Wildman–Crippen MR) is 144 cm³/mol. The summed E-state index contributed by atoms with van der Waals surface area (Å²) in [6, 6.07) is 17.8. The number of hydrogen-bond donors (Lipinski definition) is 1. The average Bonchev–Trinajstić information content (AvgIpc) is 2.87. The van der Waals surface area contributed by atoms with Crippen LogP contribution in [0.15, 0.2) is 77.1 Å². The molecule has 2 aliphatic carbocycles. The van der Waals surface area contributed by atoms with Crippen molar-refractivity contribution in [1.82, 2.24) is 5.32 Å². The second kappa shape index (κ2) is 10.6. The van der Waals surface area contributed by atoms with E-state index in [1.807, 2.05) is 61.5 Å². The molecule has 0 spiro atoms. The molecule has 1 fully saturated rings. The molecule has 0 bridgehead atoms. The van der Waals surface area contributed by atoms with Crippen LogP contribution in [0.4, 0.5) is 0 Å². The van der Waals surface area contributed by atoms with Gasteiger partial charge in [0.05, 0.1) is 11.5 Å². The Morgan fingerprint density at radius 1 is 0.973 bits per heavy atom. The van der Waals surface area contributed by atoms with Crippen LogP contribution in [0.25, 0.3) is 0 Å². The molecule has 0 unspecified atom stereocenters. The Bertz CT molecular complexity index is 1230. The van der Waals surface area contributed by atoms with Gasteiger partial charge in [0.15, 0.2) is 5.78 Å². The molecule has 37 heavy (non-hydrogen) atoms. The van der Waals surface area contributed by atoms with Crippen LogP contribution in [0.2, 0.25) is 0 Å². The van der Waals surface area contributed by atoms with Gasteiger partial charge in [-0.1, -0.05) is 68.8 Å². The first kappa shape index (κ1) is 25.3. The number of dihydropyridines is 1. The Morgan fingerprint density at radius 2 is 1.68 bits per heavy atom. The van der Waals surface area contributed by atoms with E-state index in [-0.39, 0.29) is 23.3 Å². The summed E-state index contributed by atoms with van der Waals surface area (Å²) in [4.78, 5) is 27.4. The van der Waals surface area contributed by atoms with Crippen molar-refractivity contribution in [2.75, 3.05) is 0 Å². The minimum atomic E-state index is -0.525. The summed E-state index contributed by atoms with van der Waals surface area (Å²) >= 11 is 0. The fourth-order valence-electron chi connectivity index (χ4n) is 6.00. The van der Waals surface area contributed by atoms with Crippen LogP contribution in [0, 0.1) is 5.41 Å². The molecule has 1 heterocycles. The molecule has 1 atom stereocenters. The number of benzene rings is 2. The number of carbonyl (C=O) groups is 2. The van der Waals surface area contributed by atoms with Crippen molar-refractivity contribution in [2.24, 2.45) is 5.41 Å². The summed E-state index contributed by atoms with van der Waals surface area (Å²) in [6.07, 6.45) is 6.27. The zero-order valence-corrected chi connectivity index (χ0v) is 22.1. The summed E-state index contributed by atoms with van der Waals surface area (Å²) in [7, 11) is 0. The van der Waals surface area contributed by atoms with Crippen molar-refractivity contribution in [3.63, 3.8) is 0 Å².